The Morgan fingerprint density at radius 1 is 1.32 bits per heavy atom. The summed E-state index contributed by atoms with van der Waals surface area (Å²) in [5, 5.41) is 14.4. The molecule has 164 valence electrons. The number of carbonyl (C=O) groups excluding carboxylic acids is 1. The summed E-state index contributed by atoms with van der Waals surface area (Å²) in [7, 11) is 0. The molecule has 31 heavy (non-hydrogen) atoms. The first-order valence-corrected chi connectivity index (χ1v) is 11.7. The molecule has 6 nitrogen and oxygen atoms in total. The van der Waals surface area contributed by atoms with Crippen molar-refractivity contribution in [1.29, 1.82) is 0 Å². The number of benzene rings is 1. The Bertz CT molecular complexity index is 1210. The molecule has 0 saturated heterocycles. The second-order valence-electron chi connectivity index (χ2n) is 8.36. The Morgan fingerprint density at radius 3 is 2.74 bits per heavy atom. The zero-order valence-corrected chi connectivity index (χ0v) is 19.3. The molecule has 0 radical (unpaired) electrons. The maximum Gasteiger partial charge on any atom is 0.265 e. The molecule has 1 atom stereocenters. The zero-order chi connectivity index (χ0) is 22.3. The standard InChI is InChI=1S/C24H29N3O3S/c1-5-27(6-2)15-8-10-17(14(4)12-15)25-22(29)20-21(28)19-16-9-7-13(3)11-18(16)31-24(19)26-23(20)30/h8,10,12-13H,5-7,9,11H2,1-4H3,(H,25,29)(H2,26,28,30)/t13-/m1/s1. The van der Waals surface area contributed by atoms with Crippen LogP contribution in [0.3, 0.4) is 0 Å². The summed E-state index contributed by atoms with van der Waals surface area (Å²) in [5.41, 5.74) is 2.89. The van der Waals surface area contributed by atoms with Gasteiger partial charge in [0.2, 0.25) is 0 Å². The van der Waals surface area contributed by atoms with Crippen molar-refractivity contribution in [2.75, 3.05) is 23.3 Å². The molecule has 3 N–H and O–H groups in total. The molecule has 2 aromatic heterocycles. The van der Waals surface area contributed by atoms with E-state index in [4.69, 9.17) is 0 Å². The Hall–Kier alpha value is -2.80. The van der Waals surface area contributed by atoms with Crippen LogP contribution >= 0.6 is 11.3 Å². The number of carbonyl (C=O) groups is 1. The minimum atomic E-state index is -0.594. The van der Waals surface area contributed by atoms with Crippen LogP contribution in [-0.2, 0) is 12.8 Å². The quantitative estimate of drug-likeness (QED) is 0.532. The van der Waals surface area contributed by atoms with Crippen molar-refractivity contribution in [3.63, 3.8) is 0 Å². The van der Waals surface area contributed by atoms with E-state index in [9.17, 15) is 14.7 Å². The number of nitrogens with zero attached hydrogens (tertiary/aromatic N) is 1. The second-order valence-corrected chi connectivity index (χ2v) is 9.46. The van der Waals surface area contributed by atoms with Gasteiger partial charge in [0.05, 0.1) is 5.39 Å². The molecule has 0 bridgehead atoms. The number of aryl methyl sites for hydroxylation is 2. The summed E-state index contributed by atoms with van der Waals surface area (Å²) in [6, 6.07) is 5.82. The van der Waals surface area contributed by atoms with Crippen LogP contribution in [0.5, 0.6) is 5.75 Å². The minimum absolute atomic E-state index is 0.208. The topological polar surface area (TPSA) is 85.4 Å². The summed E-state index contributed by atoms with van der Waals surface area (Å²) in [4.78, 5) is 32.6. The van der Waals surface area contributed by atoms with Gasteiger partial charge < -0.3 is 20.3 Å². The van der Waals surface area contributed by atoms with E-state index in [1.165, 1.54) is 16.2 Å². The van der Waals surface area contributed by atoms with Crippen LogP contribution in [0.4, 0.5) is 11.4 Å². The van der Waals surface area contributed by atoms with Gasteiger partial charge in [0.15, 0.2) is 0 Å². The van der Waals surface area contributed by atoms with E-state index in [1.807, 2.05) is 25.1 Å². The molecule has 3 aromatic rings. The summed E-state index contributed by atoms with van der Waals surface area (Å²) in [6.45, 7) is 10.1. The van der Waals surface area contributed by atoms with Crippen molar-refractivity contribution < 1.29 is 9.90 Å². The highest BCUT2D eigenvalue weighted by Crippen LogP contribution is 2.41. The number of anilines is 2. The first-order valence-electron chi connectivity index (χ1n) is 10.9. The number of thiophene rings is 1. The highest BCUT2D eigenvalue weighted by Gasteiger charge is 2.27. The number of aromatic amines is 1. The Labute approximate surface area is 185 Å². The van der Waals surface area contributed by atoms with Crippen LogP contribution in [0.1, 0.15) is 53.6 Å². The molecule has 4 rings (SSSR count). The van der Waals surface area contributed by atoms with Gasteiger partial charge >= 0.3 is 0 Å². The summed E-state index contributed by atoms with van der Waals surface area (Å²) in [6.07, 6.45) is 2.83. The maximum absolute atomic E-state index is 13.0. The Morgan fingerprint density at radius 2 is 2.06 bits per heavy atom. The molecule has 1 aliphatic rings. The highest BCUT2D eigenvalue weighted by atomic mass is 32.1. The monoisotopic (exact) mass is 439 g/mol. The summed E-state index contributed by atoms with van der Waals surface area (Å²) >= 11 is 1.52. The fraction of sp³-hybridized carbons (Fsp3) is 0.417. The molecule has 0 spiro atoms. The first kappa shape index (κ1) is 21.4. The number of H-pyrrole nitrogens is 1. The van der Waals surface area contributed by atoms with Gasteiger partial charge in [-0.1, -0.05) is 6.92 Å². The van der Waals surface area contributed by atoms with Crippen molar-refractivity contribution in [3.05, 3.63) is 50.1 Å². The fourth-order valence-corrected chi connectivity index (χ4v) is 5.86. The van der Waals surface area contributed by atoms with Gasteiger partial charge in [-0.3, -0.25) is 9.59 Å². The smallest absolute Gasteiger partial charge is 0.265 e. The van der Waals surface area contributed by atoms with Gasteiger partial charge in [0, 0.05) is 29.3 Å². The normalized spacial score (nSPS) is 15.7. The lowest BCUT2D eigenvalue weighted by molar-refractivity contribution is 0.102. The molecule has 1 amide bonds. The number of aromatic hydroxyl groups is 1. The number of aromatic nitrogens is 1. The van der Waals surface area contributed by atoms with Crippen molar-refractivity contribution in [1.82, 2.24) is 4.98 Å². The molecule has 0 saturated carbocycles. The van der Waals surface area contributed by atoms with Crippen molar-refractivity contribution in [2.24, 2.45) is 5.92 Å². The molecule has 0 aliphatic heterocycles. The summed E-state index contributed by atoms with van der Waals surface area (Å²) in [5.74, 6) is -0.219. The third-order valence-electron chi connectivity index (χ3n) is 6.25. The predicted octanol–water partition coefficient (Wildman–Crippen LogP) is 4.83. The van der Waals surface area contributed by atoms with Gasteiger partial charge in [-0.2, -0.15) is 0 Å². The van der Waals surface area contributed by atoms with E-state index in [2.05, 4.69) is 36.0 Å². The van der Waals surface area contributed by atoms with Crippen molar-refractivity contribution in [3.8, 4) is 5.75 Å². The summed E-state index contributed by atoms with van der Waals surface area (Å²) < 4.78 is 0. The van der Waals surface area contributed by atoms with E-state index in [1.54, 1.807) is 0 Å². The molecular formula is C24H29N3O3S. The van der Waals surface area contributed by atoms with Crippen LogP contribution in [0.2, 0.25) is 0 Å². The van der Waals surface area contributed by atoms with Gasteiger partial charge in [-0.15, -0.1) is 11.3 Å². The molecule has 1 aromatic carbocycles. The molecular weight excluding hydrogens is 410 g/mol. The molecule has 1 aliphatic carbocycles. The molecule has 0 unspecified atom stereocenters. The largest absolute Gasteiger partial charge is 0.506 e. The van der Waals surface area contributed by atoms with Crippen molar-refractivity contribution >= 4 is 38.8 Å². The van der Waals surface area contributed by atoms with Crippen LogP contribution < -0.4 is 15.8 Å². The first-order chi connectivity index (χ1) is 14.8. The van der Waals surface area contributed by atoms with E-state index in [-0.39, 0.29) is 11.3 Å². The van der Waals surface area contributed by atoms with E-state index >= 15 is 0 Å². The molecule has 2 heterocycles. The molecule has 0 fully saturated rings. The van der Waals surface area contributed by atoms with E-state index < -0.39 is 11.5 Å². The Balaban J connectivity index is 1.69. The van der Waals surface area contributed by atoms with Gasteiger partial charge in [0.1, 0.15) is 16.1 Å². The number of pyridine rings is 1. The third kappa shape index (κ3) is 3.82. The van der Waals surface area contributed by atoms with Gasteiger partial charge in [-0.05, 0) is 75.3 Å². The lowest BCUT2D eigenvalue weighted by atomic mass is 9.89. The number of rotatable bonds is 5. The van der Waals surface area contributed by atoms with Gasteiger partial charge in [0.25, 0.3) is 11.5 Å². The van der Waals surface area contributed by atoms with Crippen LogP contribution in [0.25, 0.3) is 10.2 Å². The zero-order valence-electron chi connectivity index (χ0n) is 18.5. The van der Waals surface area contributed by atoms with Gasteiger partial charge in [-0.25, -0.2) is 0 Å². The number of fused-ring (bicyclic) bond motifs is 3. The average molecular weight is 440 g/mol. The average Bonchev–Trinajstić information content (AvgIpc) is 3.08. The lowest BCUT2D eigenvalue weighted by Crippen LogP contribution is -2.24. The second kappa shape index (κ2) is 8.38. The number of amides is 1. The third-order valence-corrected chi connectivity index (χ3v) is 7.42. The van der Waals surface area contributed by atoms with E-state index in [0.29, 0.717) is 21.8 Å². The van der Waals surface area contributed by atoms with Crippen LogP contribution in [0, 0.1) is 12.8 Å². The number of hydrogen-bond donors (Lipinski definition) is 3. The minimum Gasteiger partial charge on any atom is -0.506 e. The number of nitrogens with one attached hydrogen (secondary N) is 2. The highest BCUT2D eigenvalue weighted by molar-refractivity contribution is 7.18. The maximum atomic E-state index is 13.0. The van der Waals surface area contributed by atoms with E-state index in [0.717, 1.165) is 49.2 Å². The fourth-order valence-electron chi connectivity index (χ4n) is 4.46. The van der Waals surface area contributed by atoms with Crippen LogP contribution in [-0.4, -0.2) is 29.1 Å². The van der Waals surface area contributed by atoms with Crippen molar-refractivity contribution in [2.45, 2.75) is 47.0 Å². The predicted molar refractivity (Wildman–Crippen MR) is 128 cm³/mol. The lowest BCUT2D eigenvalue weighted by Gasteiger charge is -2.22. The molecule has 7 heteroatoms. The number of hydrogen-bond acceptors (Lipinski definition) is 5. The SMILES string of the molecule is CCN(CC)c1ccc(NC(=O)c2c(O)c3c4c(sc3[nH]c2=O)C[C@H](C)CC4)c(C)c1. The van der Waals surface area contributed by atoms with Crippen LogP contribution in [0.15, 0.2) is 23.0 Å². The Kier molecular flexibility index (Phi) is 5.79.